The van der Waals surface area contributed by atoms with Crippen LogP contribution in [0.5, 0.6) is 5.75 Å². The van der Waals surface area contributed by atoms with Gasteiger partial charge in [-0.05, 0) is 150 Å². The lowest BCUT2D eigenvalue weighted by molar-refractivity contribution is 0.397. The highest BCUT2D eigenvalue weighted by atomic mass is 16.3. The van der Waals surface area contributed by atoms with Gasteiger partial charge in [0.25, 0.3) is 11.1 Å². The summed E-state index contributed by atoms with van der Waals surface area (Å²) in [6.07, 6.45) is 7.58. The van der Waals surface area contributed by atoms with E-state index >= 15 is 0 Å². The number of benzene rings is 7. The third-order valence-corrected chi connectivity index (χ3v) is 17.6. The van der Waals surface area contributed by atoms with E-state index in [1.165, 1.54) is 0 Å². The van der Waals surface area contributed by atoms with Crippen LogP contribution in [0, 0.1) is 0 Å². The molecule has 0 fully saturated rings. The minimum atomic E-state index is -0.267. The molecule has 8 heteroatoms. The van der Waals surface area contributed by atoms with Crippen LogP contribution in [0.2, 0.25) is 0 Å². The highest BCUT2D eigenvalue weighted by molar-refractivity contribution is 6.01. The van der Waals surface area contributed by atoms with Crippen molar-refractivity contribution in [2.24, 2.45) is 0 Å². The topological polar surface area (TPSA) is 102 Å². The maximum absolute atomic E-state index is 13.9. The van der Waals surface area contributed by atoms with Gasteiger partial charge < -0.3 is 13.9 Å². The van der Waals surface area contributed by atoms with E-state index in [0.717, 1.165) is 129 Å². The fourth-order valence-electron chi connectivity index (χ4n) is 14.7. The maximum Gasteiger partial charge on any atom is 0.277 e. The molecule has 396 valence electrons. The molecule has 0 saturated heterocycles. The smallest absolute Gasteiger partial charge is 0.277 e. The van der Waals surface area contributed by atoms with E-state index in [9.17, 15) is 14.7 Å². The second-order valence-electron chi connectivity index (χ2n) is 25.2. The zero-order valence-electron chi connectivity index (χ0n) is 46.9. The summed E-state index contributed by atoms with van der Waals surface area (Å²) in [7, 11) is 0. The maximum atomic E-state index is 13.9. The number of hydrogen-bond acceptors (Lipinski definition) is 6. The molecular formula is C73H61N5O3. The SMILES string of the molecule is CC1(C)CC(C)(C)c2c1c(=O)nc1c3ccc(-c4ccccc4-c4cc(-c5ccccc5-c5ccc(-c6cc(O)ccn6)cc5)cc(-c5ccccc5-c5ccc6c(ccn7c8c(c(=O)nc67)C(C)(C)CC8(C)C)c5)c4)cc3ccn21. The van der Waals surface area contributed by atoms with Crippen molar-refractivity contribution in [3.8, 4) is 83.8 Å². The van der Waals surface area contributed by atoms with Gasteiger partial charge in [0, 0.05) is 74.3 Å². The standard InChI is InChI=1S/C73H61N5O3/c1-70(2)41-72(5,6)64-62(70)68(80)75-66-59-27-25-45(35-47(59)30-33-77(64)66)54-16-10-13-19-57(54)50-37-49(56-18-12-9-15-53(56)43-21-23-44(24-22-43)61-40-52(79)29-32-74-61)38-51(39-50)58-20-14-11-17-55(58)46-26-28-60-48(36-46)31-34-78-65-63(69(81)76-67(60)78)71(3,4)42-73(65,7)8/h9-40H,41-42H2,1-8H3,(H,74,79). The lowest BCUT2D eigenvalue weighted by Crippen LogP contribution is -2.26. The zero-order valence-corrected chi connectivity index (χ0v) is 46.9. The third kappa shape index (κ3) is 8.05. The number of nitrogens with zero attached hydrogens (tertiary/aromatic N) is 5. The number of aromatic hydroxyl groups is 1. The number of rotatable bonds is 7. The number of aromatic nitrogens is 5. The molecule has 0 aliphatic heterocycles. The van der Waals surface area contributed by atoms with Crippen LogP contribution in [0.3, 0.4) is 0 Å². The van der Waals surface area contributed by atoms with Crippen molar-refractivity contribution in [2.75, 3.05) is 0 Å². The van der Waals surface area contributed by atoms with E-state index in [1.54, 1.807) is 18.3 Å². The molecule has 0 radical (unpaired) electrons. The number of pyridine rings is 3. The molecule has 0 atom stereocenters. The van der Waals surface area contributed by atoms with E-state index in [4.69, 9.17) is 9.97 Å². The van der Waals surface area contributed by atoms with E-state index in [1.807, 2.05) is 0 Å². The summed E-state index contributed by atoms with van der Waals surface area (Å²) >= 11 is 0. The highest BCUT2D eigenvalue weighted by Gasteiger charge is 2.47. The largest absolute Gasteiger partial charge is 0.508 e. The Morgan fingerprint density at radius 3 is 1.17 bits per heavy atom. The Labute approximate surface area is 470 Å². The Morgan fingerprint density at radius 1 is 0.395 bits per heavy atom. The van der Waals surface area contributed by atoms with Gasteiger partial charge in [0.2, 0.25) is 0 Å². The van der Waals surface area contributed by atoms with Crippen molar-refractivity contribution in [1.29, 1.82) is 0 Å². The molecule has 8 nitrogen and oxygen atoms in total. The van der Waals surface area contributed by atoms with Gasteiger partial charge in [-0.3, -0.25) is 14.6 Å². The Morgan fingerprint density at radius 2 is 0.765 bits per heavy atom. The van der Waals surface area contributed by atoms with Crippen LogP contribution in [0.25, 0.3) is 111 Å². The van der Waals surface area contributed by atoms with Crippen molar-refractivity contribution in [1.82, 2.24) is 23.8 Å². The summed E-state index contributed by atoms with van der Waals surface area (Å²) in [5.74, 6) is 0.175. The van der Waals surface area contributed by atoms with Gasteiger partial charge in [0.1, 0.15) is 17.0 Å². The van der Waals surface area contributed by atoms with Crippen LogP contribution < -0.4 is 11.1 Å². The van der Waals surface area contributed by atoms with Crippen LogP contribution in [0.15, 0.2) is 204 Å². The highest BCUT2D eigenvalue weighted by Crippen LogP contribution is 2.50. The molecule has 0 amide bonds. The predicted octanol–water partition coefficient (Wildman–Crippen LogP) is 16.7. The molecule has 2 aliphatic carbocycles. The van der Waals surface area contributed by atoms with Gasteiger partial charge in [-0.1, -0.05) is 177 Å². The minimum absolute atomic E-state index is 0.135. The first-order valence-electron chi connectivity index (χ1n) is 28.0. The van der Waals surface area contributed by atoms with Crippen molar-refractivity contribution < 1.29 is 5.11 Å². The number of hydrogen-bond donors (Lipinski definition) is 1. The van der Waals surface area contributed by atoms with Crippen LogP contribution in [0.1, 0.15) is 90.7 Å². The van der Waals surface area contributed by atoms with Gasteiger partial charge in [0.15, 0.2) is 0 Å². The van der Waals surface area contributed by atoms with Gasteiger partial charge >= 0.3 is 0 Å². The molecule has 5 heterocycles. The van der Waals surface area contributed by atoms with Gasteiger partial charge in [0.05, 0.1) is 5.69 Å². The fourth-order valence-corrected chi connectivity index (χ4v) is 14.7. The Balaban J connectivity index is 0.931. The van der Waals surface area contributed by atoms with Crippen LogP contribution in [-0.2, 0) is 21.7 Å². The zero-order chi connectivity index (χ0) is 55.9. The van der Waals surface area contributed by atoms with Gasteiger partial charge in [-0.25, -0.2) is 0 Å². The Kier molecular flexibility index (Phi) is 11.0. The molecule has 1 N–H and O–H groups in total. The first kappa shape index (κ1) is 50.0. The van der Waals surface area contributed by atoms with Crippen LogP contribution in [0.4, 0.5) is 0 Å². The molecule has 14 rings (SSSR count). The normalized spacial score (nSPS) is 15.6. The van der Waals surface area contributed by atoms with E-state index in [-0.39, 0.29) is 38.5 Å². The summed E-state index contributed by atoms with van der Waals surface area (Å²) in [6.45, 7) is 17.6. The quantitative estimate of drug-likeness (QED) is 0.160. The molecule has 0 bridgehead atoms. The molecular weight excluding hydrogens is 995 g/mol. The van der Waals surface area contributed by atoms with E-state index < -0.39 is 0 Å². The van der Waals surface area contributed by atoms with E-state index in [0.29, 0.717) is 17.0 Å². The molecule has 7 aromatic carbocycles. The molecule has 5 aromatic heterocycles. The lowest BCUT2D eigenvalue weighted by Gasteiger charge is -2.23. The molecule has 81 heavy (non-hydrogen) atoms. The Hall–Kier alpha value is -9.27. The second-order valence-corrected chi connectivity index (χ2v) is 25.2. The summed E-state index contributed by atoms with van der Waals surface area (Å²) in [5, 5.41) is 14.1. The van der Waals surface area contributed by atoms with Crippen LogP contribution in [-0.4, -0.2) is 28.9 Å². The van der Waals surface area contributed by atoms with Gasteiger partial charge in [-0.15, -0.1) is 0 Å². The van der Waals surface area contributed by atoms with Crippen molar-refractivity contribution in [2.45, 2.75) is 89.9 Å². The molecule has 2 aliphatic rings. The monoisotopic (exact) mass is 1060 g/mol. The second kappa shape index (κ2) is 17.9. The lowest BCUT2D eigenvalue weighted by atomic mass is 9.82. The summed E-state index contributed by atoms with van der Waals surface area (Å²) in [6, 6.07) is 61.9. The molecule has 0 spiro atoms. The van der Waals surface area contributed by atoms with Crippen molar-refractivity contribution >= 4 is 32.8 Å². The summed E-state index contributed by atoms with van der Waals surface area (Å²) in [4.78, 5) is 42.0. The van der Waals surface area contributed by atoms with Crippen molar-refractivity contribution in [3.63, 3.8) is 0 Å². The van der Waals surface area contributed by atoms with Crippen molar-refractivity contribution in [3.05, 3.63) is 238 Å². The first-order valence-corrected chi connectivity index (χ1v) is 28.0. The van der Waals surface area contributed by atoms with E-state index in [2.05, 4.69) is 245 Å². The third-order valence-electron chi connectivity index (χ3n) is 17.6. The average Bonchev–Trinajstić information content (AvgIpc) is 3.52. The minimum Gasteiger partial charge on any atom is -0.508 e. The summed E-state index contributed by atoms with van der Waals surface area (Å²) < 4.78 is 4.33. The van der Waals surface area contributed by atoms with Gasteiger partial charge in [-0.2, -0.15) is 9.97 Å². The average molecular weight is 1060 g/mol. The Bertz CT molecular complexity index is 4540. The molecule has 12 aromatic rings. The first-order chi connectivity index (χ1) is 38.8. The fraction of sp³-hybridized carbons (Fsp3) is 0.192. The number of fused-ring (bicyclic) bond motifs is 10. The van der Waals surface area contributed by atoms with Crippen LogP contribution >= 0.6 is 0 Å². The summed E-state index contributed by atoms with van der Waals surface area (Å²) in [5.41, 5.74) is 18.4. The molecule has 0 unspecified atom stereocenters. The molecule has 0 saturated carbocycles. The predicted molar refractivity (Wildman–Crippen MR) is 330 cm³/mol.